The molecule has 0 saturated heterocycles. The second-order valence-corrected chi connectivity index (χ2v) is 4.90. The summed E-state index contributed by atoms with van der Waals surface area (Å²) in [5.74, 6) is 0.295. The van der Waals surface area contributed by atoms with Crippen LogP contribution in [0.3, 0.4) is 0 Å². The van der Waals surface area contributed by atoms with Crippen molar-refractivity contribution in [2.24, 2.45) is 0 Å². The highest BCUT2D eigenvalue weighted by molar-refractivity contribution is 5.85. The van der Waals surface area contributed by atoms with Gasteiger partial charge in [-0.25, -0.2) is 4.39 Å². The van der Waals surface area contributed by atoms with Crippen LogP contribution in [0.2, 0.25) is 0 Å². The molecule has 0 saturated carbocycles. The van der Waals surface area contributed by atoms with E-state index in [0.717, 1.165) is 0 Å². The Morgan fingerprint density at radius 1 is 1.37 bits per heavy atom. The Morgan fingerprint density at radius 3 is 2.47 bits per heavy atom. The van der Waals surface area contributed by atoms with Crippen LogP contribution >= 0.6 is 0 Å². The van der Waals surface area contributed by atoms with E-state index >= 15 is 0 Å². The maximum atomic E-state index is 12.7. The highest BCUT2D eigenvalue weighted by Crippen LogP contribution is 2.11. The fourth-order valence-electron chi connectivity index (χ4n) is 1.52. The van der Waals surface area contributed by atoms with Crippen LogP contribution in [0.4, 0.5) is 4.39 Å². The number of hydrogen-bond acceptors (Lipinski definition) is 3. The van der Waals surface area contributed by atoms with Gasteiger partial charge in [0, 0.05) is 7.05 Å². The van der Waals surface area contributed by atoms with Gasteiger partial charge in [0.25, 0.3) is 0 Å². The van der Waals surface area contributed by atoms with Crippen LogP contribution in [0.25, 0.3) is 0 Å². The SMILES string of the molecule is CNC(C)(C)C(=O)N(C)CCOc1ccc(F)cc1. The summed E-state index contributed by atoms with van der Waals surface area (Å²) in [5.41, 5.74) is -0.593. The third-order valence-corrected chi connectivity index (χ3v) is 3.02. The molecule has 5 heteroatoms. The molecule has 4 nitrogen and oxygen atoms in total. The average Bonchev–Trinajstić information content (AvgIpc) is 2.40. The van der Waals surface area contributed by atoms with E-state index in [2.05, 4.69) is 5.32 Å². The van der Waals surface area contributed by atoms with Gasteiger partial charge in [-0.05, 0) is 45.2 Å². The average molecular weight is 268 g/mol. The van der Waals surface area contributed by atoms with Crippen molar-refractivity contribution in [3.05, 3.63) is 30.1 Å². The summed E-state index contributed by atoms with van der Waals surface area (Å²) in [7, 11) is 3.48. The van der Waals surface area contributed by atoms with Crippen molar-refractivity contribution in [3.8, 4) is 5.75 Å². The number of ether oxygens (including phenoxy) is 1. The first-order valence-corrected chi connectivity index (χ1v) is 6.19. The lowest BCUT2D eigenvalue weighted by Gasteiger charge is -2.28. The molecule has 1 aromatic rings. The van der Waals surface area contributed by atoms with Gasteiger partial charge in [-0.3, -0.25) is 4.79 Å². The van der Waals surface area contributed by atoms with E-state index in [1.807, 2.05) is 13.8 Å². The maximum Gasteiger partial charge on any atom is 0.242 e. The lowest BCUT2D eigenvalue weighted by Crippen LogP contribution is -2.52. The number of hydrogen-bond donors (Lipinski definition) is 1. The number of carbonyl (C=O) groups excluding carboxylic acids is 1. The molecule has 0 unspecified atom stereocenters. The molecule has 0 aromatic heterocycles. The Hall–Kier alpha value is -1.62. The van der Waals surface area contributed by atoms with Gasteiger partial charge < -0.3 is 15.0 Å². The molecular weight excluding hydrogens is 247 g/mol. The third kappa shape index (κ3) is 4.52. The summed E-state index contributed by atoms with van der Waals surface area (Å²) in [4.78, 5) is 13.7. The van der Waals surface area contributed by atoms with Crippen LogP contribution in [-0.4, -0.2) is 43.6 Å². The Bertz CT molecular complexity index is 418. The minimum Gasteiger partial charge on any atom is -0.492 e. The lowest BCUT2D eigenvalue weighted by atomic mass is 10.0. The van der Waals surface area contributed by atoms with E-state index in [1.165, 1.54) is 12.1 Å². The van der Waals surface area contributed by atoms with Gasteiger partial charge in [0.15, 0.2) is 0 Å². The standard InChI is InChI=1S/C14H21FN2O2/c1-14(2,16-3)13(18)17(4)9-10-19-12-7-5-11(15)6-8-12/h5-8,16H,9-10H2,1-4H3. The lowest BCUT2D eigenvalue weighted by molar-refractivity contribution is -0.135. The molecule has 0 aliphatic heterocycles. The minimum absolute atomic E-state index is 0.00212. The molecule has 106 valence electrons. The predicted octanol–water partition coefficient (Wildman–Crippen LogP) is 1.66. The second kappa shape index (κ2) is 6.52. The summed E-state index contributed by atoms with van der Waals surface area (Å²) in [6, 6.07) is 5.81. The van der Waals surface area contributed by atoms with Crippen molar-refractivity contribution in [1.82, 2.24) is 10.2 Å². The molecule has 1 aromatic carbocycles. The first-order valence-electron chi connectivity index (χ1n) is 6.19. The van der Waals surface area contributed by atoms with Gasteiger partial charge >= 0.3 is 0 Å². The summed E-state index contributed by atoms with van der Waals surface area (Å²) in [6.07, 6.45) is 0. The fraction of sp³-hybridized carbons (Fsp3) is 0.500. The van der Waals surface area contributed by atoms with Gasteiger partial charge in [0.1, 0.15) is 18.2 Å². The Balaban J connectivity index is 2.40. The molecule has 0 fully saturated rings. The molecule has 0 aliphatic carbocycles. The van der Waals surface area contributed by atoms with E-state index in [1.54, 1.807) is 31.1 Å². The van der Waals surface area contributed by atoms with Crippen molar-refractivity contribution >= 4 is 5.91 Å². The van der Waals surface area contributed by atoms with Crippen molar-refractivity contribution in [3.63, 3.8) is 0 Å². The van der Waals surface area contributed by atoms with Crippen LogP contribution in [-0.2, 0) is 4.79 Å². The number of carbonyl (C=O) groups is 1. The van der Waals surface area contributed by atoms with Gasteiger partial charge in [-0.1, -0.05) is 0 Å². The summed E-state index contributed by atoms with van der Waals surface area (Å²) >= 11 is 0. The highest BCUT2D eigenvalue weighted by Gasteiger charge is 2.28. The summed E-state index contributed by atoms with van der Waals surface area (Å²) in [6.45, 7) is 4.49. The molecule has 0 bridgehead atoms. The van der Waals surface area contributed by atoms with E-state index in [-0.39, 0.29) is 11.7 Å². The first kappa shape index (κ1) is 15.4. The van der Waals surface area contributed by atoms with Gasteiger partial charge in [0.2, 0.25) is 5.91 Å². The number of nitrogens with one attached hydrogen (secondary N) is 1. The molecule has 0 heterocycles. The monoisotopic (exact) mass is 268 g/mol. The zero-order valence-electron chi connectivity index (χ0n) is 11.9. The molecule has 19 heavy (non-hydrogen) atoms. The topological polar surface area (TPSA) is 41.6 Å². The summed E-state index contributed by atoms with van der Waals surface area (Å²) in [5, 5.41) is 2.96. The molecule has 1 rings (SSSR count). The van der Waals surface area contributed by atoms with Crippen molar-refractivity contribution in [1.29, 1.82) is 0 Å². The smallest absolute Gasteiger partial charge is 0.242 e. The normalized spacial score (nSPS) is 11.2. The van der Waals surface area contributed by atoms with Crippen LogP contribution in [0, 0.1) is 5.82 Å². The molecule has 1 N–H and O–H groups in total. The summed E-state index contributed by atoms with van der Waals surface area (Å²) < 4.78 is 18.1. The first-order chi connectivity index (χ1) is 8.86. The number of likely N-dealkylation sites (N-methyl/N-ethyl adjacent to an activating group) is 2. The van der Waals surface area contributed by atoms with E-state index in [0.29, 0.717) is 18.9 Å². The van der Waals surface area contributed by atoms with E-state index < -0.39 is 5.54 Å². The number of amides is 1. The van der Waals surface area contributed by atoms with Crippen LogP contribution in [0.1, 0.15) is 13.8 Å². The quantitative estimate of drug-likeness (QED) is 0.853. The maximum absolute atomic E-state index is 12.7. The fourth-order valence-corrected chi connectivity index (χ4v) is 1.52. The Labute approximate surface area is 113 Å². The van der Waals surface area contributed by atoms with Gasteiger partial charge in [0.05, 0.1) is 12.1 Å². The van der Waals surface area contributed by atoms with Crippen molar-refractivity contribution < 1.29 is 13.9 Å². The Morgan fingerprint density at radius 2 is 1.95 bits per heavy atom. The van der Waals surface area contributed by atoms with Crippen molar-refractivity contribution in [2.45, 2.75) is 19.4 Å². The predicted molar refractivity (Wildman–Crippen MR) is 72.7 cm³/mol. The van der Waals surface area contributed by atoms with Gasteiger partial charge in [-0.15, -0.1) is 0 Å². The van der Waals surface area contributed by atoms with E-state index in [9.17, 15) is 9.18 Å². The highest BCUT2D eigenvalue weighted by atomic mass is 19.1. The number of benzene rings is 1. The third-order valence-electron chi connectivity index (χ3n) is 3.02. The number of rotatable bonds is 6. The largest absolute Gasteiger partial charge is 0.492 e. The number of halogens is 1. The zero-order chi connectivity index (χ0) is 14.5. The van der Waals surface area contributed by atoms with Crippen molar-refractivity contribution in [2.75, 3.05) is 27.2 Å². The van der Waals surface area contributed by atoms with Crippen LogP contribution in [0.5, 0.6) is 5.75 Å². The molecule has 1 amide bonds. The molecule has 0 aliphatic rings. The number of nitrogens with zero attached hydrogens (tertiary/aromatic N) is 1. The Kier molecular flexibility index (Phi) is 5.30. The second-order valence-electron chi connectivity index (χ2n) is 4.90. The zero-order valence-corrected chi connectivity index (χ0v) is 11.9. The molecule has 0 atom stereocenters. The molecule has 0 spiro atoms. The van der Waals surface area contributed by atoms with Gasteiger partial charge in [-0.2, -0.15) is 0 Å². The van der Waals surface area contributed by atoms with Crippen LogP contribution in [0.15, 0.2) is 24.3 Å². The van der Waals surface area contributed by atoms with E-state index in [4.69, 9.17) is 4.74 Å². The minimum atomic E-state index is -0.593. The molecular formula is C14H21FN2O2. The molecule has 0 radical (unpaired) electrons. The van der Waals surface area contributed by atoms with Crippen LogP contribution < -0.4 is 10.1 Å².